The summed E-state index contributed by atoms with van der Waals surface area (Å²) in [5.74, 6) is 0.938. The smallest absolute Gasteiger partial charge is 0.0314 e. The van der Waals surface area contributed by atoms with Crippen molar-refractivity contribution in [2.45, 2.75) is 250 Å². The minimum Gasteiger partial charge on any atom is -0.399 e. The van der Waals surface area contributed by atoms with Crippen LogP contribution in [0.5, 0.6) is 0 Å². The van der Waals surface area contributed by atoms with Crippen molar-refractivity contribution in [3.63, 3.8) is 0 Å². The fourth-order valence-corrected chi connectivity index (χ4v) is 10.3. The largest absolute Gasteiger partial charge is 0.399 e. The molecule has 0 spiro atoms. The molecule has 0 aliphatic heterocycles. The van der Waals surface area contributed by atoms with E-state index in [0.717, 1.165) is 11.4 Å². The van der Waals surface area contributed by atoms with Gasteiger partial charge in [-0.25, -0.2) is 0 Å². The Hall–Kier alpha value is -3.52. The Morgan fingerprint density at radius 3 is 0.738 bits per heavy atom. The maximum absolute atomic E-state index is 6.05. The summed E-state index contributed by atoms with van der Waals surface area (Å²) >= 11 is 0. The number of nitrogen functional groups attached to an aromatic ring is 2. The van der Waals surface area contributed by atoms with Crippen LogP contribution in [0.4, 0.5) is 11.4 Å². The van der Waals surface area contributed by atoms with Crippen molar-refractivity contribution >= 4 is 11.4 Å². The van der Waals surface area contributed by atoms with Gasteiger partial charge in [0.05, 0.1) is 0 Å². The predicted molar refractivity (Wildman–Crippen MR) is 289 cm³/mol. The molecule has 0 heterocycles. The third kappa shape index (κ3) is 24.2. The highest BCUT2D eigenvalue weighted by atomic mass is 14.5. The SMILES string of the molecule is CCCCCCCCCCC(c1ccc(N)cc1)c1ccc(CCCCCCCCCCCCCCCCCc2ccc(C(CCCCCCCCCC)c3ccc(N)cc3)cc2)cc1. The molecule has 0 radical (unpaired) electrons. The Morgan fingerprint density at radius 2 is 0.477 bits per heavy atom. The van der Waals surface area contributed by atoms with Gasteiger partial charge in [-0.3, -0.25) is 0 Å². The molecule has 4 rings (SSSR count). The van der Waals surface area contributed by atoms with Gasteiger partial charge in [-0.2, -0.15) is 0 Å². The summed E-state index contributed by atoms with van der Waals surface area (Å²) in [6, 6.07) is 36.6. The maximum Gasteiger partial charge on any atom is 0.0314 e. The Balaban J connectivity index is 0.974. The lowest BCUT2D eigenvalue weighted by Crippen LogP contribution is -2.02. The zero-order chi connectivity index (χ0) is 45.8. The molecule has 0 aromatic heterocycles. The first-order valence-corrected chi connectivity index (χ1v) is 28.0. The van der Waals surface area contributed by atoms with E-state index in [1.165, 1.54) is 258 Å². The summed E-state index contributed by atoms with van der Waals surface area (Å²) in [4.78, 5) is 0. The molecule has 0 bridgehead atoms. The lowest BCUT2D eigenvalue weighted by atomic mass is 9.86. The molecule has 2 unspecified atom stereocenters. The number of rotatable bonds is 40. The number of nitrogens with two attached hydrogens (primary N) is 2. The molecule has 4 aromatic rings. The van der Waals surface area contributed by atoms with Crippen molar-refractivity contribution in [1.82, 2.24) is 0 Å². The molecule has 65 heavy (non-hydrogen) atoms. The molecule has 360 valence electrons. The maximum atomic E-state index is 6.05. The zero-order valence-electron chi connectivity index (χ0n) is 42.3. The Morgan fingerprint density at radius 1 is 0.262 bits per heavy atom. The lowest BCUT2D eigenvalue weighted by molar-refractivity contribution is 0.530. The highest BCUT2D eigenvalue weighted by molar-refractivity contribution is 5.44. The van der Waals surface area contributed by atoms with E-state index in [0.29, 0.717) is 11.8 Å². The normalized spacial score (nSPS) is 12.5. The highest BCUT2D eigenvalue weighted by Gasteiger charge is 2.16. The van der Waals surface area contributed by atoms with Gasteiger partial charge < -0.3 is 11.5 Å². The third-order valence-corrected chi connectivity index (χ3v) is 14.6. The second-order valence-corrected chi connectivity index (χ2v) is 20.3. The number of unbranched alkanes of at least 4 members (excludes halogenated alkanes) is 28. The van der Waals surface area contributed by atoms with Crippen LogP contribution in [0.1, 0.15) is 271 Å². The minimum absolute atomic E-state index is 0.469. The van der Waals surface area contributed by atoms with Gasteiger partial charge in [-0.05, 0) is 96.2 Å². The van der Waals surface area contributed by atoms with E-state index in [-0.39, 0.29) is 0 Å². The molecular weight excluding hydrogens is 785 g/mol. The topological polar surface area (TPSA) is 52.0 Å². The van der Waals surface area contributed by atoms with E-state index in [2.05, 4.69) is 111 Å². The average Bonchev–Trinajstić information content (AvgIpc) is 3.33. The van der Waals surface area contributed by atoms with Crippen LogP contribution in [-0.2, 0) is 12.8 Å². The molecular formula is C63H98N2. The molecule has 0 aliphatic rings. The van der Waals surface area contributed by atoms with Crippen LogP contribution >= 0.6 is 0 Å². The van der Waals surface area contributed by atoms with E-state index in [1.807, 2.05) is 0 Å². The van der Waals surface area contributed by atoms with Crippen LogP contribution in [0.15, 0.2) is 97.1 Å². The van der Waals surface area contributed by atoms with Crippen LogP contribution in [0.25, 0.3) is 0 Å². The van der Waals surface area contributed by atoms with Gasteiger partial charge in [0.2, 0.25) is 0 Å². The molecule has 0 fully saturated rings. The van der Waals surface area contributed by atoms with Crippen LogP contribution in [0.3, 0.4) is 0 Å². The first-order valence-electron chi connectivity index (χ1n) is 28.0. The predicted octanol–water partition coefficient (Wildman–Crippen LogP) is 19.8. The van der Waals surface area contributed by atoms with E-state index >= 15 is 0 Å². The van der Waals surface area contributed by atoms with Gasteiger partial charge in [0.1, 0.15) is 0 Å². The summed E-state index contributed by atoms with van der Waals surface area (Å²) in [5.41, 5.74) is 22.6. The Bertz CT molecular complexity index is 1540. The Labute approximate surface area is 402 Å². The van der Waals surface area contributed by atoms with Crippen molar-refractivity contribution in [3.8, 4) is 0 Å². The molecule has 0 aliphatic carbocycles. The standard InChI is InChI=1S/C63H98N2/c1-3-5-7-9-11-24-28-32-36-62(58-46-50-60(64)51-47-58)56-42-38-54(39-43-56)34-30-26-22-20-18-16-14-13-15-17-19-21-23-27-31-35-55-40-44-57(45-41-55)63(59-48-52-61(65)53-49-59)37-33-29-25-12-10-8-6-4-2/h38-53,62-63H,3-37,64-65H2,1-2H3. The van der Waals surface area contributed by atoms with E-state index < -0.39 is 0 Å². The first-order chi connectivity index (χ1) is 32.1. The average molecular weight is 883 g/mol. The van der Waals surface area contributed by atoms with Gasteiger partial charge in [-0.15, -0.1) is 0 Å². The van der Waals surface area contributed by atoms with E-state index in [9.17, 15) is 0 Å². The molecule has 4 aromatic carbocycles. The highest BCUT2D eigenvalue weighted by Crippen LogP contribution is 2.33. The van der Waals surface area contributed by atoms with E-state index in [1.54, 1.807) is 0 Å². The summed E-state index contributed by atoms with van der Waals surface area (Å²) < 4.78 is 0. The molecule has 0 saturated carbocycles. The quantitative estimate of drug-likeness (QED) is 0.0345. The second-order valence-electron chi connectivity index (χ2n) is 20.3. The fraction of sp³-hybridized carbons (Fsp3) is 0.619. The number of aryl methyl sites for hydroxylation is 2. The molecule has 2 atom stereocenters. The van der Waals surface area contributed by atoms with Crippen LogP contribution in [0, 0.1) is 0 Å². The number of benzene rings is 4. The van der Waals surface area contributed by atoms with Crippen molar-refractivity contribution in [2.24, 2.45) is 0 Å². The van der Waals surface area contributed by atoms with Crippen LogP contribution < -0.4 is 11.5 Å². The first kappa shape index (κ1) is 54.1. The van der Waals surface area contributed by atoms with Gasteiger partial charge in [0, 0.05) is 23.2 Å². The monoisotopic (exact) mass is 883 g/mol. The lowest BCUT2D eigenvalue weighted by Gasteiger charge is -2.19. The van der Waals surface area contributed by atoms with Crippen LogP contribution in [0.2, 0.25) is 0 Å². The molecule has 4 N–H and O–H groups in total. The summed E-state index contributed by atoms with van der Waals surface area (Å²) in [6.45, 7) is 4.60. The minimum atomic E-state index is 0.469. The van der Waals surface area contributed by atoms with Crippen molar-refractivity contribution < 1.29 is 0 Å². The van der Waals surface area contributed by atoms with Gasteiger partial charge in [0.25, 0.3) is 0 Å². The van der Waals surface area contributed by atoms with Crippen molar-refractivity contribution in [3.05, 3.63) is 130 Å². The van der Waals surface area contributed by atoms with Crippen LogP contribution in [-0.4, -0.2) is 0 Å². The van der Waals surface area contributed by atoms with Crippen molar-refractivity contribution in [2.75, 3.05) is 11.5 Å². The Kier molecular flexibility index (Phi) is 29.7. The second kappa shape index (κ2) is 35.6. The van der Waals surface area contributed by atoms with E-state index in [4.69, 9.17) is 11.5 Å². The number of anilines is 2. The molecule has 0 amide bonds. The van der Waals surface area contributed by atoms with Gasteiger partial charge in [0.15, 0.2) is 0 Å². The molecule has 2 heteroatoms. The number of hydrogen-bond acceptors (Lipinski definition) is 2. The molecule has 0 saturated heterocycles. The zero-order valence-corrected chi connectivity index (χ0v) is 42.3. The van der Waals surface area contributed by atoms with Gasteiger partial charge >= 0.3 is 0 Å². The number of hydrogen-bond donors (Lipinski definition) is 2. The van der Waals surface area contributed by atoms with Crippen molar-refractivity contribution in [1.29, 1.82) is 0 Å². The summed E-state index contributed by atoms with van der Waals surface area (Å²) in [6.07, 6.45) is 47.8. The van der Waals surface area contributed by atoms with Gasteiger partial charge in [-0.1, -0.05) is 273 Å². The fourth-order valence-electron chi connectivity index (χ4n) is 10.3. The third-order valence-electron chi connectivity index (χ3n) is 14.6. The summed E-state index contributed by atoms with van der Waals surface area (Å²) in [7, 11) is 0. The molecule has 2 nitrogen and oxygen atoms in total. The summed E-state index contributed by atoms with van der Waals surface area (Å²) in [5, 5.41) is 0.